The van der Waals surface area contributed by atoms with Crippen molar-refractivity contribution in [1.29, 1.82) is 0 Å². The Hall–Kier alpha value is -1.14. The molecule has 30 heavy (non-hydrogen) atoms. The molecular weight excluding hydrogens is 447 g/mol. The Morgan fingerprint density at radius 2 is 1.73 bits per heavy atom. The molecule has 0 atom stereocenters. The highest BCUT2D eigenvalue weighted by molar-refractivity contribution is 8.76. The topological polar surface area (TPSA) is 80.3 Å². The van der Waals surface area contributed by atoms with Crippen molar-refractivity contribution in [1.82, 2.24) is 0 Å². The summed E-state index contributed by atoms with van der Waals surface area (Å²) in [5, 5.41) is 0. The van der Waals surface area contributed by atoms with E-state index < -0.39 is 13.8 Å². The summed E-state index contributed by atoms with van der Waals surface area (Å²) in [6.07, 6.45) is 6.42. The molecule has 0 saturated carbocycles. The number of terminal acetylenes is 1. The lowest BCUT2D eigenvalue weighted by Gasteiger charge is -2.16. The van der Waals surface area contributed by atoms with Crippen LogP contribution in [0.5, 0.6) is 5.75 Å². The van der Waals surface area contributed by atoms with Crippen LogP contribution < -0.4 is 4.74 Å². The number of phosphoric ester groups is 1. The molecule has 7 nitrogen and oxygen atoms in total. The number of benzene rings is 1. The second kappa shape index (κ2) is 16.5. The van der Waals surface area contributed by atoms with Gasteiger partial charge >= 0.3 is 13.8 Å². The molecule has 0 heterocycles. The summed E-state index contributed by atoms with van der Waals surface area (Å²) in [6, 6.07) is 6.94. The summed E-state index contributed by atoms with van der Waals surface area (Å²) >= 11 is 0. The van der Waals surface area contributed by atoms with Crippen LogP contribution in [-0.4, -0.2) is 50.5 Å². The number of rotatable bonds is 17. The molecule has 0 spiro atoms. The number of hydrogen-bond acceptors (Lipinski definition) is 9. The number of esters is 1. The molecule has 0 aromatic heterocycles. The van der Waals surface area contributed by atoms with Crippen LogP contribution in [0.3, 0.4) is 0 Å². The molecule has 1 aromatic carbocycles. The van der Waals surface area contributed by atoms with Crippen LogP contribution in [0.2, 0.25) is 0 Å². The summed E-state index contributed by atoms with van der Waals surface area (Å²) in [4.78, 5) is 12.3. The number of carbonyl (C=O) groups excluding carboxylic acids is 1. The van der Waals surface area contributed by atoms with Gasteiger partial charge in [-0.3, -0.25) is 13.6 Å². The minimum atomic E-state index is -3.48. The Bertz CT molecular complexity index is 699. The molecule has 0 aliphatic rings. The Morgan fingerprint density at radius 3 is 2.43 bits per heavy atom. The van der Waals surface area contributed by atoms with Gasteiger partial charge in [0.05, 0.1) is 32.2 Å². The molecule has 168 valence electrons. The van der Waals surface area contributed by atoms with E-state index in [0.717, 1.165) is 0 Å². The average molecular weight is 477 g/mol. The average Bonchev–Trinajstić information content (AvgIpc) is 2.73. The van der Waals surface area contributed by atoms with Crippen LogP contribution in [-0.2, 0) is 22.9 Å². The van der Waals surface area contributed by atoms with Gasteiger partial charge in [0.1, 0.15) is 17.9 Å². The van der Waals surface area contributed by atoms with E-state index in [1.807, 2.05) is 0 Å². The van der Waals surface area contributed by atoms with Gasteiger partial charge in [-0.1, -0.05) is 39.6 Å². The van der Waals surface area contributed by atoms with Gasteiger partial charge in [-0.05, 0) is 38.8 Å². The van der Waals surface area contributed by atoms with Crippen LogP contribution in [0.25, 0.3) is 0 Å². The van der Waals surface area contributed by atoms with Gasteiger partial charge in [0, 0.05) is 5.75 Å². The zero-order valence-electron chi connectivity index (χ0n) is 17.4. The Balaban J connectivity index is 2.35. The second-order valence-electron chi connectivity index (χ2n) is 5.59. The van der Waals surface area contributed by atoms with Gasteiger partial charge in [0.15, 0.2) is 0 Å². The lowest BCUT2D eigenvalue weighted by atomic mass is 10.2. The molecule has 0 unspecified atom stereocenters. The predicted molar refractivity (Wildman–Crippen MR) is 122 cm³/mol. The summed E-state index contributed by atoms with van der Waals surface area (Å²) in [7, 11) is -0.369. The lowest BCUT2D eigenvalue weighted by Crippen LogP contribution is -2.10. The van der Waals surface area contributed by atoms with E-state index in [9.17, 15) is 9.36 Å². The van der Waals surface area contributed by atoms with Crippen LogP contribution in [0.15, 0.2) is 24.3 Å². The smallest absolute Gasteiger partial charge is 0.474 e. The van der Waals surface area contributed by atoms with Gasteiger partial charge in [0.25, 0.3) is 0 Å². The highest BCUT2D eigenvalue weighted by Crippen LogP contribution is 2.49. The van der Waals surface area contributed by atoms with Crippen LogP contribution in [0.4, 0.5) is 0 Å². The maximum Gasteiger partial charge on any atom is 0.474 e. The molecular formula is C20H29O7PS2. The first-order valence-corrected chi connectivity index (χ1v) is 13.6. The zero-order chi connectivity index (χ0) is 22.1. The zero-order valence-corrected chi connectivity index (χ0v) is 19.9. The third-order valence-electron chi connectivity index (χ3n) is 3.35. The van der Waals surface area contributed by atoms with E-state index in [-0.39, 0.29) is 19.8 Å². The first-order valence-electron chi connectivity index (χ1n) is 9.66. The number of carbonyl (C=O) groups is 1. The van der Waals surface area contributed by atoms with Crippen molar-refractivity contribution in [2.45, 2.75) is 26.7 Å². The highest BCUT2D eigenvalue weighted by Gasteiger charge is 2.24. The molecule has 0 radical (unpaired) electrons. The fourth-order valence-corrected chi connectivity index (χ4v) is 4.77. The minimum Gasteiger partial charge on any atom is -0.493 e. The van der Waals surface area contributed by atoms with E-state index >= 15 is 0 Å². The van der Waals surface area contributed by atoms with E-state index in [1.54, 1.807) is 59.7 Å². The quantitative estimate of drug-likeness (QED) is 0.0989. The fourth-order valence-electron chi connectivity index (χ4n) is 2.13. The fraction of sp³-hybridized carbons (Fsp3) is 0.550. The minimum absolute atomic E-state index is 0.222. The maximum atomic E-state index is 12.3. The lowest BCUT2D eigenvalue weighted by molar-refractivity contribution is 0.0525. The molecule has 0 bridgehead atoms. The highest BCUT2D eigenvalue weighted by atomic mass is 33.1. The summed E-state index contributed by atoms with van der Waals surface area (Å²) in [5.74, 6) is 3.86. The van der Waals surface area contributed by atoms with Gasteiger partial charge in [0.2, 0.25) is 0 Å². The van der Waals surface area contributed by atoms with Gasteiger partial charge in [-0.25, -0.2) is 9.36 Å². The number of phosphoric acid groups is 1. The van der Waals surface area contributed by atoms with E-state index in [1.165, 1.54) is 0 Å². The molecule has 1 rings (SSSR count). The van der Waals surface area contributed by atoms with Gasteiger partial charge < -0.3 is 9.47 Å². The van der Waals surface area contributed by atoms with Crippen molar-refractivity contribution >= 4 is 35.4 Å². The third kappa shape index (κ3) is 11.3. The number of para-hydroxylation sites is 1. The van der Waals surface area contributed by atoms with Gasteiger partial charge in [-0.15, -0.1) is 6.42 Å². The van der Waals surface area contributed by atoms with Crippen molar-refractivity contribution in [3.05, 3.63) is 29.8 Å². The molecule has 0 fully saturated rings. The molecule has 0 aliphatic carbocycles. The van der Waals surface area contributed by atoms with Gasteiger partial charge in [-0.2, -0.15) is 0 Å². The van der Waals surface area contributed by atoms with Crippen molar-refractivity contribution in [3.63, 3.8) is 0 Å². The molecule has 0 saturated heterocycles. The first-order chi connectivity index (χ1) is 14.6. The molecule has 0 amide bonds. The Morgan fingerprint density at radius 1 is 1.03 bits per heavy atom. The van der Waals surface area contributed by atoms with E-state index in [2.05, 4.69) is 5.92 Å². The van der Waals surface area contributed by atoms with Crippen LogP contribution in [0.1, 0.15) is 37.0 Å². The van der Waals surface area contributed by atoms with Crippen molar-refractivity contribution in [2.75, 3.05) is 44.5 Å². The van der Waals surface area contributed by atoms with Crippen molar-refractivity contribution < 1.29 is 32.4 Å². The number of ether oxygens (including phenoxy) is 2. The maximum absolute atomic E-state index is 12.3. The number of unbranched alkanes of at least 4 members (excludes halogenated alkanes) is 1. The Labute approximate surface area is 186 Å². The third-order valence-corrected chi connectivity index (χ3v) is 7.14. The second-order valence-corrected chi connectivity index (χ2v) is 9.84. The van der Waals surface area contributed by atoms with Crippen molar-refractivity contribution in [3.8, 4) is 18.1 Å². The monoisotopic (exact) mass is 476 g/mol. The summed E-state index contributed by atoms with van der Waals surface area (Å²) < 4.78 is 38.6. The van der Waals surface area contributed by atoms with E-state index in [4.69, 9.17) is 29.5 Å². The molecule has 1 aromatic rings. The SMILES string of the molecule is C#CCSSCCOC(=O)c1ccccc1OCCCCOP(=O)(OCC)OCC. The number of hydrogen-bond donors (Lipinski definition) is 0. The Kier molecular flexibility index (Phi) is 14.8. The molecule has 10 heteroatoms. The van der Waals surface area contributed by atoms with Crippen molar-refractivity contribution in [2.24, 2.45) is 0 Å². The molecule has 0 aliphatic heterocycles. The largest absolute Gasteiger partial charge is 0.493 e. The molecule has 0 N–H and O–H groups in total. The normalized spacial score (nSPS) is 11.1. The first kappa shape index (κ1) is 26.9. The van der Waals surface area contributed by atoms with E-state index in [0.29, 0.717) is 48.9 Å². The van der Waals surface area contributed by atoms with Crippen LogP contribution >= 0.6 is 29.4 Å². The summed E-state index contributed by atoms with van der Waals surface area (Å²) in [6.45, 7) is 4.84. The van der Waals surface area contributed by atoms with Crippen LogP contribution in [0, 0.1) is 12.3 Å². The summed E-state index contributed by atoms with van der Waals surface area (Å²) in [5.41, 5.74) is 0.382. The standard InChI is InChI=1S/C20H29O7PS2/c1-4-16-29-30-17-15-24-20(21)18-11-7-8-12-19(18)23-13-9-10-14-27-28(22,25-5-2)26-6-3/h1,7-8,11-12H,5-6,9-10,13-17H2,2-3H3. The predicted octanol–water partition coefficient (Wildman–Crippen LogP) is 5.21.